The van der Waals surface area contributed by atoms with Crippen molar-refractivity contribution < 1.29 is 27.4 Å². The molecule has 0 aliphatic heterocycles. The monoisotopic (exact) mass is 243 g/mol. The molecule has 0 bridgehead atoms. The summed E-state index contributed by atoms with van der Waals surface area (Å²) in [6, 6.07) is 0. The molecule has 0 aliphatic carbocycles. The fourth-order valence-electron chi connectivity index (χ4n) is 1.06. The van der Waals surface area contributed by atoms with E-state index in [0.29, 0.717) is 0 Å². The van der Waals surface area contributed by atoms with Crippen molar-refractivity contribution in [3.8, 4) is 0 Å². The molecule has 0 saturated carbocycles. The summed E-state index contributed by atoms with van der Waals surface area (Å²) in [7, 11) is 1.29. The quantitative estimate of drug-likeness (QED) is 0.743. The van der Waals surface area contributed by atoms with E-state index in [2.05, 4.69) is 10.1 Å². The van der Waals surface area contributed by atoms with Gasteiger partial charge in [-0.25, -0.2) is 0 Å². The Balaban J connectivity index is 4.74. The van der Waals surface area contributed by atoms with E-state index in [0.717, 1.165) is 13.8 Å². The Bertz CT molecular complexity index is 245. The van der Waals surface area contributed by atoms with Gasteiger partial charge in [0, 0.05) is 13.7 Å². The number of nitrogens with one attached hydrogen (secondary N) is 1. The fraction of sp³-hybridized carbons (Fsp3) is 0.889. The number of rotatable bonds is 5. The number of hydrogen-bond acceptors (Lipinski definition) is 3. The van der Waals surface area contributed by atoms with E-state index in [1.54, 1.807) is 6.92 Å². The predicted molar refractivity (Wildman–Crippen MR) is 50.7 cm³/mol. The van der Waals surface area contributed by atoms with Crippen molar-refractivity contribution >= 4 is 5.91 Å². The average molecular weight is 243 g/mol. The minimum absolute atomic E-state index is 0.0640. The van der Waals surface area contributed by atoms with Crippen LogP contribution in [-0.2, 0) is 14.3 Å². The summed E-state index contributed by atoms with van der Waals surface area (Å²) in [6.45, 7) is 3.59. The summed E-state index contributed by atoms with van der Waals surface area (Å²) in [4.78, 5) is 11.4. The highest BCUT2D eigenvalue weighted by molar-refractivity contribution is 5.82. The first-order valence-electron chi connectivity index (χ1n) is 4.78. The molecule has 7 heteroatoms. The highest BCUT2D eigenvalue weighted by Gasteiger charge is 2.45. The SMILES string of the molecule is CCOC(C)(OC(C)C(F)(F)F)C(=O)NC. The number of hydrogen-bond donors (Lipinski definition) is 1. The van der Waals surface area contributed by atoms with Crippen molar-refractivity contribution in [2.45, 2.75) is 38.8 Å². The van der Waals surface area contributed by atoms with Gasteiger partial charge in [-0.3, -0.25) is 4.79 Å². The van der Waals surface area contributed by atoms with Crippen LogP contribution in [0, 0.1) is 0 Å². The van der Waals surface area contributed by atoms with Gasteiger partial charge in [-0.2, -0.15) is 13.2 Å². The Labute approximate surface area is 92.1 Å². The lowest BCUT2D eigenvalue weighted by molar-refractivity contribution is -0.295. The number of likely N-dealkylation sites (N-methyl/N-ethyl adjacent to an activating group) is 1. The van der Waals surface area contributed by atoms with Crippen LogP contribution in [0.2, 0.25) is 0 Å². The predicted octanol–water partition coefficient (Wildman–Crippen LogP) is 1.45. The van der Waals surface area contributed by atoms with Gasteiger partial charge >= 0.3 is 6.18 Å². The lowest BCUT2D eigenvalue weighted by Crippen LogP contribution is -2.51. The first kappa shape index (κ1) is 15.2. The van der Waals surface area contributed by atoms with Crippen molar-refractivity contribution in [1.29, 1.82) is 0 Å². The molecule has 0 saturated heterocycles. The lowest BCUT2D eigenvalue weighted by Gasteiger charge is -2.31. The highest BCUT2D eigenvalue weighted by atomic mass is 19.4. The van der Waals surface area contributed by atoms with E-state index >= 15 is 0 Å². The summed E-state index contributed by atoms with van der Waals surface area (Å²) in [6.07, 6.45) is -6.62. The average Bonchev–Trinajstić information content (AvgIpc) is 2.15. The second kappa shape index (κ2) is 5.49. The van der Waals surface area contributed by atoms with Gasteiger partial charge < -0.3 is 14.8 Å². The summed E-state index contributed by atoms with van der Waals surface area (Å²) < 4.78 is 46.4. The molecule has 0 aromatic carbocycles. The minimum Gasteiger partial charge on any atom is -0.354 e. The lowest BCUT2D eigenvalue weighted by atomic mass is 10.2. The largest absolute Gasteiger partial charge is 0.414 e. The number of ether oxygens (including phenoxy) is 2. The van der Waals surface area contributed by atoms with Crippen LogP contribution in [0.5, 0.6) is 0 Å². The van der Waals surface area contributed by atoms with Gasteiger partial charge in [0.05, 0.1) is 0 Å². The van der Waals surface area contributed by atoms with Gasteiger partial charge in [0.2, 0.25) is 5.79 Å². The van der Waals surface area contributed by atoms with Gasteiger partial charge in [0.25, 0.3) is 5.91 Å². The van der Waals surface area contributed by atoms with Crippen LogP contribution >= 0.6 is 0 Å². The Kier molecular flexibility index (Phi) is 5.21. The molecule has 0 spiro atoms. The molecule has 0 rings (SSSR count). The molecule has 4 nitrogen and oxygen atoms in total. The fourth-order valence-corrected chi connectivity index (χ4v) is 1.06. The summed E-state index contributed by atoms with van der Waals surface area (Å²) >= 11 is 0. The third kappa shape index (κ3) is 3.97. The molecule has 0 aromatic heterocycles. The molecule has 2 atom stereocenters. The molecule has 0 heterocycles. The Morgan fingerprint density at radius 2 is 1.94 bits per heavy atom. The molecular weight excluding hydrogens is 227 g/mol. The number of carbonyl (C=O) groups excluding carboxylic acids is 1. The normalized spacial score (nSPS) is 17.7. The molecule has 16 heavy (non-hydrogen) atoms. The second-order valence-electron chi connectivity index (χ2n) is 3.26. The molecule has 0 aromatic rings. The van der Waals surface area contributed by atoms with Crippen molar-refractivity contribution in [2.75, 3.05) is 13.7 Å². The van der Waals surface area contributed by atoms with Crippen molar-refractivity contribution in [3.05, 3.63) is 0 Å². The maximum absolute atomic E-state index is 12.3. The van der Waals surface area contributed by atoms with E-state index in [-0.39, 0.29) is 6.61 Å². The van der Waals surface area contributed by atoms with Crippen molar-refractivity contribution in [1.82, 2.24) is 5.32 Å². The smallest absolute Gasteiger partial charge is 0.354 e. The summed E-state index contributed by atoms with van der Waals surface area (Å²) in [5, 5.41) is 2.19. The first-order valence-corrected chi connectivity index (χ1v) is 4.78. The molecule has 2 unspecified atom stereocenters. The molecule has 1 amide bonds. The Morgan fingerprint density at radius 3 is 2.25 bits per heavy atom. The number of amides is 1. The molecular formula is C9H16F3NO3. The zero-order valence-corrected chi connectivity index (χ0v) is 9.64. The van der Waals surface area contributed by atoms with E-state index in [4.69, 9.17) is 4.74 Å². The van der Waals surface area contributed by atoms with Gasteiger partial charge in [0.15, 0.2) is 6.10 Å². The molecule has 0 aliphatic rings. The van der Waals surface area contributed by atoms with Crippen LogP contribution in [-0.4, -0.2) is 37.6 Å². The van der Waals surface area contributed by atoms with E-state index in [1.807, 2.05) is 0 Å². The van der Waals surface area contributed by atoms with Gasteiger partial charge in [-0.15, -0.1) is 0 Å². The summed E-state index contributed by atoms with van der Waals surface area (Å²) in [5.41, 5.74) is 0. The number of carbonyl (C=O) groups is 1. The highest BCUT2D eigenvalue weighted by Crippen LogP contribution is 2.27. The third-order valence-electron chi connectivity index (χ3n) is 1.92. The van der Waals surface area contributed by atoms with Crippen LogP contribution in [0.3, 0.4) is 0 Å². The Hall–Kier alpha value is -0.820. The zero-order chi connectivity index (χ0) is 13.0. The van der Waals surface area contributed by atoms with E-state index in [9.17, 15) is 18.0 Å². The molecule has 1 N–H and O–H groups in total. The Morgan fingerprint density at radius 1 is 1.44 bits per heavy atom. The zero-order valence-electron chi connectivity index (χ0n) is 9.64. The molecule has 0 fully saturated rings. The van der Waals surface area contributed by atoms with Crippen molar-refractivity contribution in [3.63, 3.8) is 0 Å². The minimum atomic E-state index is -4.54. The van der Waals surface area contributed by atoms with Gasteiger partial charge in [0.1, 0.15) is 0 Å². The van der Waals surface area contributed by atoms with Gasteiger partial charge in [-0.1, -0.05) is 0 Å². The number of alkyl halides is 3. The second-order valence-corrected chi connectivity index (χ2v) is 3.26. The topological polar surface area (TPSA) is 47.6 Å². The van der Waals surface area contributed by atoms with Crippen LogP contribution in [0.4, 0.5) is 13.2 Å². The van der Waals surface area contributed by atoms with Crippen LogP contribution in [0.1, 0.15) is 20.8 Å². The van der Waals surface area contributed by atoms with Crippen molar-refractivity contribution in [2.24, 2.45) is 0 Å². The van der Waals surface area contributed by atoms with E-state index < -0.39 is 24.0 Å². The van der Waals surface area contributed by atoms with Crippen LogP contribution in [0.15, 0.2) is 0 Å². The standard InChI is InChI=1S/C9H16F3NO3/c1-5-15-8(3,7(14)13-4)16-6(2)9(10,11)12/h6H,5H2,1-4H3,(H,13,14). The maximum Gasteiger partial charge on any atom is 0.414 e. The molecule has 0 radical (unpaired) electrons. The molecule has 96 valence electrons. The first-order chi connectivity index (χ1) is 7.17. The number of halogens is 3. The third-order valence-corrected chi connectivity index (χ3v) is 1.92. The van der Waals surface area contributed by atoms with E-state index in [1.165, 1.54) is 7.05 Å². The van der Waals surface area contributed by atoms with Crippen LogP contribution in [0.25, 0.3) is 0 Å². The summed E-state index contributed by atoms with van der Waals surface area (Å²) in [5.74, 6) is -2.69. The maximum atomic E-state index is 12.3. The van der Waals surface area contributed by atoms with Gasteiger partial charge in [-0.05, 0) is 20.8 Å². The van der Waals surface area contributed by atoms with Crippen LogP contribution < -0.4 is 5.32 Å².